The summed E-state index contributed by atoms with van der Waals surface area (Å²) in [4.78, 5) is 3.96. The van der Waals surface area contributed by atoms with Crippen molar-refractivity contribution >= 4 is 34.4 Å². The number of hydrogen-bond donors (Lipinski definition) is 2. The highest BCUT2D eigenvalue weighted by molar-refractivity contribution is 7.80. The molecule has 0 unspecified atom stereocenters. The van der Waals surface area contributed by atoms with Crippen LogP contribution in [0.15, 0.2) is 41.8 Å². The second kappa shape index (κ2) is 9.17. The topological polar surface area (TPSA) is 36.5 Å². The van der Waals surface area contributed by atoms with Crippen LogP contribution in [0.1, 0.15) is 30.7 Å². The van der Waals surface area contributed by atoms with Crippen molar-refractivity contribution in [3.63, 3.8) is 0 Å². The van der Waals surface area contributed by atoms with Crippen LogP contribution in [0, 0.1) is 0 Å². The van der Waals surface area contributed by atoms with Crippen LogP contribution in [0.5, 0.6) is 5.75 Å². The number of benzene rings is 1. The van der Waals surface area contributed by atoms with E-state index in [1.165, 1.54) is 30.8 Å². The Labute approximate surface area is 159 Å². The lowest BCUT2D eigenvalue weighted by Gasteiger charge is -2.27. The first-order chi connectivity index (χ1) is 12.3. The fraction of sp³-hybridized carbons (Fsp3) is 0.421. The Balaban J connectivity index is 1.54. The zero-order chi connectivity index (χ0) is 17.5. The van der Waals surface area contributed by atoms with Crippen LogP contribution in [0.4, 0.5) is 5.69 Å². The van der Waals surface area contributed by atoms with Gasteiger partial charge in [-0.1, -0.05) is 6.07 Å². The zero-order valence-electron chi connectivity index (χ0n) is 14.5. The maximum atomic E-state index is 5.47. The number of nitrogens with one attached hydrogen (secondary N) is 2. The van der Waals surface area contributed by atoms with Gasteiger partial charge < -0.3 is 15.4 Å². The number of anilines is 1. The molecule has 1 atom stereocenters. The highest BCUT2D eigenvalue weighted by Crippen LogP contribution is 2.27. The second-order valence-electron chi connectivity index (χ2n) is 6.07. The van der Waals surface area contributed by atoms with E-state index in [4.69, 9.17) is 17.0 Å². The number of ether oxygens (including phenoxy) is 1. The summed E-state index contributed by atoms with van der Waals surface area (Å²) in [5, 5.41) is 9.45. The van der Waals surface area contributed by atoms with E-state index >= 15 is 0 Å². The van der Waals surface area contributed by atoms with Gasteiger partial charge in [0.15, 0.2) is 5.11 Å². The Morgan fingerprint density at radius 3 is 2.64 bits per heavy atom. The lowest BCUT2D eigenvalue weighted by Crippen LogP contribution is -2.38. The molecule has 134 valence electrons. The molecule has 1 fully saturated rings. The third kappa shape index (κ3) is 5.17. The third-order valence-electron chi connectivity index (χ3n) is 4.33. The first kappa shape index (κ1) is 18.2. The second-order valence-corrected chi connectivity index (χ2v) is 7.45. The van der Waals surface area contributed by atoms with Crippen LogP contribution in [0.25, 0.3) is 0 Å². The highest BCUT2D eigenvalue weighted by atomic mass is 32.1. The standard InChI is InChI=1S/C19H25N3OS2/c1-2-23-16-9-7-15(8-10-16)21-19(24)20-14-17(18-6-5-13-25-18)22-11-3-4-12-22/h5-10,13,17H,2-4,11-12,14H2,1H3,(H2,20,21,24)/t17-/m0/s1. The summed E-state index contributed by atoms with van der Waals surface area (Å²) in [6, 6.07) is 12.6. The van der Waals surface area contributed by atoms with Gasteiger partial charge in [-0.2, -0.15) is 0 Å². The lowest BCUT2D eigenvalue weighted by molar-refractivity contribution is 0.249. The minimum atomic E-state index is 0.391. The van der Waals surface area contributed by atoms with Crippen LogP contribution < -0.4 is 15.4 Å². The molecule has 0 amide bonds. The Morgan fingerprint density at radius 1 is 1.24 bits per heavy atom. The van der Waals surface area contributed by atoms with Crippen molar-refractivity contribution in [3.8, 4) is 5.75 Å². The molecule has 2 N–H and O–H groups in total. The molecule has 6 heteroatoms. The summed E-state index contributed by atoms with van der Waals surface area (Å²) >= 11 is 7.29. The van der Waals surface area contributed by atoms with Crippen molar-refractivity contribution in [1.82, 2.24) is 10.2 Å². The van der Waals surface area contributed by atoms with E-state index in [-0.39, 0.29) is 0 Å². The number of hydrogen-bond acceptors (Lipinski definition) is 4. The van der Waals surface area contributed by atoms with Gasteiger partial charge in [-0.3, -0.25) is 4.90 Å². The third-order valence-corrected chi connectivity index (χ3v) is 5.55. The van der Waals surface area contributed by atoms with E-state index in [2.05, 4.69) is 33.0 Å². The Kier molecular flexibility index (Phi) is 6.67. The lowest BCUT2D eigenvalue weighted by atomic mass is 10.2. The zero-order valence-corrected chi connectivity index (χ0v) is 16.2. The highest BCUT2D eigenvalue weighted by Gasteiger charge is 2.24. The molecule has 1 aliphatic rings. The van der Waals surface area contributed by atoms with Crippen molar-refractivity contribution < 1.29 is 4.74 Å². The summed E-state index contributed by atoms with van der Waals surface area (Å²) < 4.78 is 5.46. The van der Waals surface area contributed by atoms with Crippen molar-refractivity contribution in [2.24, 2.45) is 0 Å². The predicted octanol–water partition coefficient (Wildman–Crippen LogP) is 4.27. The largest absolute Gasteiger partial charge is 0.494 e. The van der Waals surface area contributed by atoms with Crippen molar-refractivity contribution in [2.45, 2.75) is 25.8 Å². The van der Waals surface area contributed by atoms with Crippen LogP contribution >= 0.6 is 23.6 Å². The molecule has 0 bridgehead atoms. The molecule has 1 saturated heterocycles. The van der Waals surface area contributed by atoms with Crippen LogP contribution in [-0.4, -0.2) is 36.3 Å². The molecule has 2 heterocycles. The Hall–Kier alpha value is -1.63. The van der Waals surface area contributed by atoms with Crippen molar-refractivity contribution in [1.29, 1.82) is 0 Å². The summed E-state index contributed by atoms with van der Waals surface area (Å²) in [5.41, 5.74) is 0.967. The maximum absolute atomic E-state index is 5.47. The van der Waals surface area contributed by atoms with Gasteiger partial charge in [-0.25, -0.2) is 0 Å². The molecule has 1 aromatic heterocycles. The number of likely N-dealkylation sites (tertiary alicyclic amines) is 1. The summed E-state index contributed by atoms with van der Waals surface area (Å²) in [6.07, 6.45) is 2.58. The molecule has 3 rings (SSSR count). The van der Waals surface area contributed by atoms with E-state index in [1.807, 2.05) is 42.5 Å². The first-order valence-corrected chi connectivity index (χ1v) is 10.1. The first-order valence-electron chi connectivity index (χ1n) is 8.81. The molecular weight excluding hydrogens is 350 g/mol. The van der Waals surface area contributed by atoms with Gasteiger partial charge in [0.2, 0.25) is 0 Å². The number of thiocarbonyl (C=S) groups is 1. The molecular formula is C19H25N3OS2. The van der Waals surface area contributed by atoms with Gasteiger partial charge in [-0.05, 0) is 80.8 Å². The van der Waals surface area contributed by atoms with E-state index < -0.39 is 0 Å². The number of thiophene rings is 1. The van der Waals surface area contributed by atoms with E-state index in [1.54, 1.807) is 0 Å². The molecule has 25 heavy (non-hydrogen) atoms. The normalized spacial score (nSPS) is 15.7. The van der Waals surface area contributed by atoms with Gasteiger partial charge in [0.25, 0.3) is 0 Å². The molecule has 0 aliphatic carbocycles. The minimum Gasteiger partial charge on any atom is -0.494 e. The van der Waals surface area contributed by atoms with Gasteiger partial charge in [0.1, 0.15) is 5.75 Å². The van der Waals surface area contributed by atoms with E-state index in [9.17, 15) is 0 Å². The average molecular weight is 376 g/mol. The van der Waals surface area contributed by atoms with Crippen molar-refractivity contribution in [2.75, 3.05) is 31.6 Å². The maximum Gasteiger partial charge on any atom is 0.170 e. The average Bonchev–Trinajstić information content (AvgIpc) is 3.31. The van der Waals surface area contributed by atoms with E-state index in [0.717, 1.165) is 18.0 Å². The van der Waals surface area contributed by atoms with Gasteiger partial charge in [-0.15, -0.1) is 11.3 Å². The summed E-state index contributed by atoms with van der Waals surface area (Å²) in [7, 11) is 0. The fourth-order valence-electron chi connectivity index (χ4n) is 3.11. The molecule has 4 nitrogen and oxygen atoms in total. The molecule has 2 aromatic rings. The van der Waals surface area contributed by atoms with Gasteiger partial charge >= 0.3 is 0 Å². The summed E-state index contributed by atoms with van der Waals surface area (Å²) in [5.74, 6) is 0.874. The van der Waals surface area contributed by atoms with Gasteiger partial charge in [0.05, 0.1) is 12.6 Å². The minimum absolute atomic E-state index is 0.391. The van der Waals surface area contributed by atoms with Crippen LogP contribution in [0.2, 0.25) is 0 Å². The van der Waals surface area contributed by atoms with Crippen LogP contribution in [-0.2, 0) is 0 Å². The molecule has 1 aromatic carbocycles. The quantitative estimate of drug-likeness (QED) is 0.707. The molecule has 0 saturated carbocycles. The summed E-state index contributed by atoms with van der Waals surface area (Å²) in [6.45, 7) is 5.82. The monoisotopic (exact) mass is 375 g/mol. The fourth-order valence-corrected chi connectivity index (χ4v) is 4.17. The SMILES string of the molecule is CCOc1ccc(NC(=S)NC[C@@H](c2cccs2)N2CCCC2)cc1. The molecule has 1 aliphatic heterocycles. The Morgan fingerprint density at radius 2 is 2.00 bits per heavy atom. The number of nitrogens with zero attached hydrogens (tertiary/aromatic N) is 1. The molecule has 0 radical (unpaired) electrons. The van der Waals surface area contributed by atoms with Crippen molar-refractivity contribution in [3.05, 3.63) is 46.7 Å². The smallest absolute Gasteiger partial charge is 0.170 e. The molecule has 0 spiro atoms. The van der Waals surface area contributed by atoms with Crippen LogP contribution in [0.3, 0.4) is 0 Å². The van der Waals surface area contributed by atoms with Gasteiger partial charge in [0, 0.05) is 17.1 Å². The van der Waals surface area contributed by atoms with E-state index in [0.29, 0.717) is 17.8 Å². The predicted molar refractivity (Wildman–Crippen MR) is 110 cm³/mol. The number of rotatable bonds is 7. The Bertz CT molecular complexity index is 652.